The van der Waals surface area contributed by atoms with Crippen LogP contribution in [-0.4, -0.2) is 57.2 Å². The van der Waals surface area contributed by atoms with Crippen LogP contribution in [0.3, 0.4) is 0 Å². The van der Waals surface area contributed by atoms with Gasteiger partial charge in [0.25, 0.3) is 5.91 Å². The Bertz CT molecular complexity index is 818. The second-order valence-corrected chi connectivity index (χ2v) is 10.2. The number of nitrogens with zero attached hydrogens (tertiary/aromatic N) is 2. The van der Waals surface area contributed by atoms with E-state index in [0.29, 0.717) is 30.3 Å². The Hall–Kier alpha value is -1.31. The van der Waals surface area contributed by atoms with Crippen LogP contribution in [-0.2, 0) is 10.0 Å². The van der Waals surface area contributed by atoms with Gasteiger partial charge >= 0.3 is 0 Å². The minimum atomic E-state index is -3.19. The lowest BCUT2D eigenvalue weighted by atomic mass is 10.0. The topological polar surface area (TPSA) is 69.7 Å². The molecule has 6 nitrogen and oxygen atoms in total. The Balaban J connectivity index is 0.00000225. The van der Waals surface area contributed by atoms with E-state index in [0.717, 1.165) is 44.0 Å². The lowest BCUT2D eigenvalue weighted by Gasteiger charge is -2.33. The van der Waals surface area contributed by atoms with Crippen LogP contribution in [0, 0.1) is 12.8 Å². The molecule has 2 aliphatic heterocycles. The molecule has 1 aliphatic carbocycles. The summed E-state index contributed by atoms with van der Waals surface area (Å²) in [5.41, 5.74) is 2.19. The van der Waals surface area contributed by atoms with E-state index in [2.05, 4.69) is 5.32 Å². The van der Waals surface area contributed by atoms with Gasteiger partial charge in [0.1, 0.15) is 0 Å². The molecule has 2 saturated heterocycles. The molecule has 1 amide bonds. The summed E-state index contributed by atoms with van der Waals surface area (Å²) in [5.74, 6) is 1.14. The second-order valence-electron chi connectivity index (χ2n) is 8.16. The number of aryl methyl sites for hydroxylation is 1. The van der Waals surface area contributed by atoms with Crippen LogP contribution in [0.1, 0.15) is 48.0 Å². The number of carbonyl (C=O) groups excluding carboxylic acids is 1. The molecule has 0 bridgehead atoms. The highest BCUT2D eigenvalue weighted by molar-refractivity contribution is 7.93. The van der Waals surface area contributed by atoms with Crippen molar-refractivity contribution < 1.29 is 13.2 Å². The molecule has 3 fully saturated rings. The Labute approximate surface area is 174 Å². The van der Waals surface area contributed by atoms with Crippen LogP contribution in [0.2, 0.25) is 0 Å². The molecule has 28 heavy (non-hydrogen) atoms. The predicted octanol–water partition coefficient (Wildman–Crippen LogP) is 2.56. The van der Waals surface area contributed by atoms with E-state index in [-0.39, 0.29) is 24.1 Å². The van der Waals surface area contributed by atoms with Crippen molar-refractivity contribution in [2.45, 2.75) is 45.1 Å². The summed E-state index contributed by atoms with van der Waals surface area (Å²) in [4.78, 5) is 14.9. The number of anilines is 1. The van der Waals surface area contributed by atoms with E-state index in [1.54, 1.807) is 12.1 Å². The average molecular weight is 428 g/mol. The number of hydrogen-bond donors (Lipinski definition) is 1. The van der Waals surface area contributed by atoms with Gasteiger partial charge < -0.3 is 10.2 Å². The standard InChI is InChI=1S/C20H29N3O3S.ClH/c1-15-13-18(23-9-2-12-27(23,25)26)5-6-19(15)20(24)22-10-7-17(8-11-22)21-14-16-3-4-16;/h5-6,13,16-17,21H,2-4,7-12,14H2,1H3;1H. The van der Waals surface area contributed by atoms with Gasteiger partial charge in [-0.05, 0) is 75.3 Å². The summed E-state index contributed by atoms with van der Waals surface area (Å²) in [6.07, 6.45) is 5.38. The fraction of sp³-hybridized carbons (Fsp3) is 0.650. The number of halogens is 1. The summed E-state index contributed by atoms with van der Waals surface area (Å²) in [6, 6.07) is 5.92. The molecule has 156 valence electrons. The van der Waals surface area contributed by atoms with Crippen molar-refractivity contribution in [2.24, 2.45) is 5.92 Å². The van der Waals surface area contributed by atoms with Gasteiger partial charge in [0.05, 0.1) is 11.4 Å². The molecule has 0 radical (unpaired) electrons. The Morgan fingerprint density at radius 1 is 1.14 bits per heavy atom. The Morgan fingerprint density at radius 2 is 1.86 bits per heavy atom. The first-order chi connectivity index (χ1) is 12.9. The van der Waals surface area contributed by atoms with Crippen molar-refractivity contribution in [3.63, 3.8) is 0 Å². The normalized spacial score (nSPS) is 22.2. The molecule has 8 heteroatoms. The first-order valence-corrected chi connectivity index (χ1v) is 11.7. The Kier molecular flexibility index (Phi) is 6.57. The molecule has 1 N–H and O–H groups in total. The van der Waals surface area contributed by atoms with Gasteiger partial charge in [-0.15, -0.1) is 12.4 Å². The van der Waals surface area contributed by atoms with Crippen molar-refractivity contribution in [3.8, 4) is 0 Å². The number of benzene rings is 1. The van der Waals surface area contributed by atoms with Crippen molar-refractivity contribution in [3.05, 3.63) is 29.3 Å². The fourth-order valence-corrected chi connectivity index (χ4v) is 5.64. The second kappa shape index (κ2) is 8.59. The third-order valence-corrected chi connectivity index (χ3v) is 7.87. The van der Waals surface area contributed by atoms with Crippen molar-refractivity contribution in [2.75, 3.05) is 36.2 Å². The van der Waals surface area contributed by atoms with Gasteiger partial charge in [-0.2, -0.15) is 0 Å². The fourth-order valence-electron chi connectivity index (χ4n) is 4.08. The highest BCUT2D eigenvalue weighted by Crippen LogP contribution is 2.29. The molecule has 0 unspecified atom stereocenters. The highest BCUT2D eigenvalue weighted by Gasteiger charge is 2.30. The number of amides is 1. The first kappa shape index (κ1) is 21.4. The molecule has 4 rings (SSSR count). The van der Waals surface area contributed by atoms with Gasteiger partial charge in [-0.25, -0.2) is 8.42 Å². The van der Waals surface area contributed by atoms with Crippen LogP contribution in [0.15, 0.2) is 18.2 Å². The maximum absolute atomic E-state index is 12.9. The molecular formula is C20H30ClN3O3S. The van der Waals surface area contributed by atoms with Crippen molar-refractivity contribution >= 4 is 34.0 Å². The average Bonchev–Trinajstić information content (AvgIpc) is 3.41. The van der Waals surface area contributed by atoms with E-state index in [1.165, 1.54) is 17.1 Å². The van der Waals surface area contributed by atoms with E-state index in [1.807, 2.05) is 17.9 Å². The molecule has 2 heterocycles. The largest absolute Gasteiger partial charge is 0.339 e. The summed E-state index contributed by atoms with van der Waals surface area (Å²) in [6.45, 7) is 5.10. The number of sulfonamides is 1. The van der Waals surface area contributed by atoms with E-state index < -0.39 is 10.0 Å². The monoisotopic (exact) mass is 427 g/mol. The molecule has 0 aromatic heterocycles. The summed E-state index contributed by atoms with van der Waals surface area (Å²) in [5, 5.41) is 3.64. The van der Waals surface area contributed by atoms with Gasteiger partial charge in [-0.3, -0.25) is 9.10 Å². The maximum atomic E-state index is 12.9. The van der Waals surface area contributed by atoms with Gasteiger partial charge in [0, 0.05) is 31.2 Å². The molecule has 3 aliphatic rings. The summed E-state index contributed by atoms with van der Waals surface area (Å²) < 4.78 is 25.7. The minimum Gasteiger partial charge on any atom is -0.339 e. The number of piperidine rings is 1. The first-order valence-electron chi connectivity index (χ1n) is 10.1. The van der Waals surface area contributed by atoms with Crippen LogP contribution in [0.4, 0.5) is 5.69 Å². The zero-order chi connectivity index (χ0) is 19.0. The van der Waals surface area contributed by atoms with Crippen LogP contribution < -0.4 is 9.62 Å². The molecule has 1 aromatic rings. The van der Waals surface area contributed by atoms with E-state index >= 15 is 0 Å². The molecule has 1 aromatic carbocycles. The summed E-state index contributed by atoms with van der Waals surface area (Å²) >= 11 is 0. The zero-order valence-electron chi connectivity index (χ0n) is 16.4. The third-order valence-electron chi connectivity index (χ3n) is 6.00. The number of likely N-dealkylation sites (tertiary alicyclic amines) is 1. The van der Waals surface area contributed by atoms with Crippen LogP contribution >= 0.6 is 12.4 Å². The lowest BCUT2D eigenvalue weighted by Crippen LogP contribution is -2.45. The quantitative estimate of drug-likeness (QED) is 0.784. The number of rotatable bonds is 5. The zero-order valence-corrected chi connectivity index (χ0v) is 18.0. The molecule has 0 spiro atoms. The SMILES string of the molecule is Cc1cc(N2CCCS2(=O)=O)ccc1C(=O)N1CCC(NCC2CC2)CC1.Cl. The predicted molar refractivity (Wildman–Crippen MR) is 114 cm³/mol. The third kappa shape index (κ3) is 4.63. The number of carbonyl (C=O) groups is 1. The lowest BCUT2D eigenvalue weighted by molar-refractivity contribution is 0.0704. The Morgan fingerprint density at radius 3 is 2.43 bits per heavy atom. The number of nitrogens with one attached hydrogen (secondary N) is 1. The number of hydrogen-bond acceptors (Lipinski definition) is 4. The van der Waals surface area contributed by atoms with Gasteiger partial charge in [0.2, 0.25) is 10.0 Å². The molecule has 1 saturated carbocycles. The van der Waals surface area contributed by atoms with Crippen LogP contribution in [0.25, 0.3) is 0 Å². The van der Waals surface area contributed by atoms with Crippen LogP contribution in [0.5, 0.6) is 0 Å². The highest BCUT2D eigenvalue weighted by atomic mass is 35.5. The maximum Gasteiger partial charge on any atom is 0.254 e. The molecular weight excluding hydrogens is 398 g/mol. The smallest absolute Gasteiger partial charge is 0.254 e. The van der Waals surface area contributed by atoms with Gasteiger partial charge in [-0.1, -0.05) is 0 Å². The van der Waals surface area contributed by atoms with Crippen molar-refractivity contribution in [1.29, 1.82) is 0 Å². The summed E-state index contributed by atoms with van der Waals surface area (Å²) in [7, 11) is -3.19. The van der Waals surface area contributed by atoms with E-state index in [4.69, 9.17) is 0 Å². The molecule has 0 atom stereocenters. The van der Waals surface area contributed by atoms with E-state index in [9.17, 15) is 13.2 Å². The van der Waals surface area contributed by atoms with Crippen molar-refractivity contribution in [1.82, 2.24) is 10.2 Å². The van der Waals surface area contributed by atoms with Gasteiger partial charge in [0.15, 0.2) is 0 Å². The minimum absolute atomic E-state index is 0.